The molecular formula is C8H10O. The van der Waals surface area contributed by atoms with E-state index in [4.69, 9.17) is 4.11 Å². The van der Waals surface area contributed by atoms with Gasteiger partial charge >= 0.3 is 0 Å². The minimum Gasteiger partial charge on any atom is -0.508 e. The number of aryl methyl sites for hydroxylation is 1. The van der Waals surface area contributed by atoms with Crippen molar-refractivity contribution in [2.75, 3.05) is 0 Å². The highest BCUT2D eigenvalue weighted by atomic mass is 16.3. The van der Waals surface area contributed by atoms with E-state index in [1.54, 1.807) is 19.1 Å². The lowest BCUT2D eigenvalue weighted by atomic mass is 10.1. The van der Waals surface area contributed by atoms with E-state index in [2.05, 4.69) is 0 Å². The topological polar surface area (TPSA) is 20.2 Å². The van der Waals surface area contributed by atoms with Gasteiger partial charge in [0.2, 0.25) is 0 Å². The molecule has 0 aliphatic heterocycles. The molecular weight excluding hydrogens is 112 g/mol. The van der Waals surface area contributed by atoms with Gasteiger partial charge in [0.15, 0.2) is 0 Å². The second-order valence-corrected chi connectivity index (χ2v) is 1.97. The molecule has 1 nitrogen and oxygen atoms in total. The normalized spacial score (nSPS) is 15.9. The molecule has 0 spiro atoms. The first kappa shape index (κ1) is 3.25. The smallest absolute Gasteiger partial charge is 0.118 e. The minimum atomic E-state index is -2.23. The zero-order valence-electron chi connectivity index (χ0n) is 8.18. The zero-order valence-corrected chi connectivity index (χ0v) is 5.18. The summed E-state index contributed by atoms with van der Waals surface area (Å²) in [5.74, 6) is -0.157. The van der Waals surface area contributed by atoms with Gasteiger partial charge in [-0.15, -0.1) is 0 Å². The van der Waals surface area contributed by atoms with Crippen LogP contribution in [0, 0.1) is 13.8 Å². The Morgan fingerprint density at radius 2 is 2.33 bits per heavy atom. The first-order valence-corrected chi connectivity index (χ1v) is 2.72. The van der Waals surface area contributed by atoms with Crippen LogP contribution in [0.15, 0.2) is 18.2 Å². The Balaban J connectivity index is 3.31. The Labute approximate surface area is 59.2 Å². The lowest BCUT2D eigenvalue weighted by Gasteiger charge is -1.99. The molecule has 0 bridgehead atoms. The van der Waals surface area contributed by atoms with Crippen LogP contribution in [-0.4, -0.2) is 5.11 Å². The molecule has 0 atom stereocenters. The maximum atomic E-state index is 9.27. The third kappa shape index (κ3) is 1.04. The van der Waals surface area contributed by atoms with Crippen molar-refractivity contribution in [2.24, 2.45) is 0 Å². The molecule has 0 unspecified atom stereocenters. The van der Waals surface area contributed by atoms with E-state index in [-0.39, 0.29) is 11.3 Å². The quantitative estimate of drug-likeness (QED) is 0.562. The van der Waals surface area contributed by atoms with Crippen molar-refractivity contribution in [2.45, 2.75) is 13.8 Å². The van der Waals surface area contributed by atoms with E-state index < -0.39 is 6.85 Å². The number of hydrogen-bond acceptors (Lipinski definition) is 1. The van der Waals surface area contributed by atoms with Crippen LogP contribution in [0.1, 0.15) is 15.2 Å². The molecule has 0 aliphatic rings. The van der Waals surface area contributed by atoms with Crippen LogP contribution in [0.3, 0.4) is 0 Å². The Bertz CT molecular complexity index is 271. The van der Waals surface area contributed by atoms with Crippen LogP contribution in [0.4, 0.5) is 0 Å². The molecule has 0 aromatic heterocycles. The lowest BCUT2D eigenvalue weighted by Crippen LogP contribution is -1.78. The van der Waals surface area contributed by atoms with Gasteiger partial charge in [-0.25, -0.2) is 0 Å². The molecule has 0 saturated heterocycles. The molecule has 1 N–H and O–H groups in total. The minimum absolute atomic E-state index is 0.0463. The van der Waals surface area contributed by atoms with Crippen molar-refractivity contribution in [1.29, 1.82) is 0 Å². The van der Waals surface area contributed by atoms with Crippen LogP contribution in [0.2, 0.25) is 0 Å². The number of phenols is 1. The summed E-state index contributed by atoms with van der Waals surface area (Å²) in [4.78, 5) is 0. The predicted octanol–water partition coefficient (Wildman–Crippen LogP) is 2.01. The van der Waals surface area contributed by atoms with E-state index >= 15 is 0 Å². The van der Waals surface area contributed by atoms with E-state index in [9.17, 15) is 5.11 Å². The van der Waals surface area contributed by atoms with Crippen molar-refractivity contribution >= 4 is 0 Å². The summed E-state index contributed by atoms with van der Waals surface area (Å²) in [7, 11) is 0. The van der Waals surface area contributed by atoms with Crippen molar-refractivity contribution in [3.63, 3.8) is 0 Å². The maximum Gasteiger partial charge on any atom is 0.118 e. The third-order valence-electron chi connectivity index (χ3n) is 1.25. The Hall–Kier alpha value is -0.980. The molecule has 0 fully saturated rings. The summed E-state index contributed by atoms with van der Waals surface area (Å²) in [6.45, 7) is -0.559. The summed E-state index contributed by atoms with van der Waals surface area (Å²) < 4.78 is 21.4. The van der Waals surface area contributed by atoms with Crippen molar-refractivity contribution in [3.8, 4) is 5.75 Å². The first-order chi connectivity index (χ1) is 5.43. The van der Waals surface area contributed by atoms with E-state index in [1.807, 2.05) is 0 Å². The Morgan fingerprint density at radius 3 is 2.78 bits per heavy atom. The largest absolute Gasteiger partial charge is 0.508 e. The molecule has 48 valence electrons. The SMILES string of the molecule is [2H]C([2H])([2H])c1c(C)cccc1O. The van der Waals surface area contributed by atoms with Crippen molar-refractivity contribution in [1.82, 2.24) is 0 Å². The summed E-state index contributed by atoms with van der Waals surface area (Å²) in [5, 5.41) is 9.27. The van der Waals surface area contributed by atoms with Gasteiger partial charge in [-0.3, -0.25) is 0 Å². The second-order valence-electron chi connectivity index (χ2n) is 1.97. The highest BCUT2D eigenvalue weighted by Crippen LogP contribution is 2.17. The van der Waals surface area contributed by atoms with Gasteiger partial charge in [-0.1, -0.05) is 12.1 Å². The van der Waals surface area contributed by atoms with Crippen LogP contribution >= 0.6 is 0 Å². The molecule has 0 radical (unpaired) electrons. The molecule has 0 heterocycles. The fraction of sp³-hybridized carbons (Fsp3) is 0.250. The Kier molecular flexibility index (Phi) is 0.758. The standard InChI is InChI=1S/C8H10O/c1-6-4-3-5-8(9)7(6)2/h3-5,9H,1-2H3/i2D3. The zero-order chi connectivity index (χ0) is 9.35. The van der Waals surface area contributed by atoms with Crippen molar-refractivity contribution < 1.29 is 9.22 Å². The number of hydrogen-bond donors (Lipinski definition) is 1. The van der Waals surface area contributed by atoms with Gasteiger partial charge in [0, 0.05) is 4.11 Å². The van der Waals surface area contributed by atoms with Crippen LogP contribution in [0.25, 0.3) is 0 Å². The monoisotopic (exact) mass is 125 g/mol. The number of phenolic OH excluding ortho intramolecular Hbond substituents is 1. The first-order valence-electron chi connectivity index (χ1n) is 4.22. The molecule has 1 rings (SSSR count). The van der Waals surface area contributed by atoms with Gasteiger partial charge in [0.1, 0.15) is 5.75 Å². The average Bonchev–Trinajstić information content (AvgIpc) is 1.82. The molecule has 1 aromatic carbocycles. The molecule has 1 heteroatoms. The van der Waals surface area contributed by atoms with Crippen LogP contribution < -0.4 is 0 Å². The number of benzene rings is 1. The lowest BCUT2D eigenvalue weighted by molar-refractivity contribution is 0.470. The summed E-state index contributed by atoms with van der Waals surface area (Å²) in [6.07, 6.45) is 0. The molecule has 1 aromatic rings. The fourth-order valence-corrected chi connectivity index (χ4v) is 0.652. The van der Waals surface area contributed by atoms with Gasteiger partial charge in [-0.05, 0) is 31.0 Å². The average molecular weight is 125 g/mol. The Morgan fingerprint density at radius 1 is 1.56 bits per heavy atom. The summed E-state index contributed by atoms with van der Waals surface area (Å²) in [5.41, 5.74) is 0.639. The third-order valence-corrected chi connectivity index (χ3v) is 1.25. The number of rotatable bonds is 0. The van der Waals surface area contributed by atoms with E-state index in [0.29, 0.717) is 5.56 Å². The fourth-order valence-electron chi connectivity index (χ4n) is 0.652. The van der Waals surface area contributed by atoms with Crippen LogP contribution in [0.5, 0.6) is 5.75 Å². The van der Waals surface area contributed by atoms with Crippen molar-refractivity contribution in [3.05, 3.63) is 29.3 Å². The van der Waals surface area contributed by atoms with Gasteiger partial charge in [-0.2, -0.15) is 0 Å². The molecule has 0 amide bonds. The highest BCUT2D eigenvalue weighted by Gasteiger charge is 1.94. The molecule has 0 saturated carbocycles. The molecule has 0 aliphatic carbocycles. The van der Waals surface area contributed by atoms with E-state index in [1.165, 1.54) is 6.07 Å². The van der Waals surface area contributed by atoms with E-state index in [0.717, 1.165) is 0 Å². The maximum absolute atomic E-state index is 9.27. The number of aromatic hydroxyl groups is 1. The predicted molar refractivity (Wildman–Crippen MR) is 37.6 cm³/mol. The second kappa shape index (κ2) is 2.09. The van der Waals surface area contributed by atoms with Gasteiger partial charge in [0.25, 0.3) is 0 Å². The van der Waals surface area contributed by atoms with Gasteiger partial charge < -0.3 is 5.11 Å². The van der Waals surface area contributed by atoms with Crippen LogP contribution in [-0.2, 0) is 0 Å². The molecule has 9 heavy (non-hydrogen) atoms. The summed E-state index contributed by atoms with van der Waals surface area (Å²) in [6, 6.07) is 4.68. The summed E-state index contributed by atoms with van der Waals surface area (Å²) >= 11 is 0. The van der Waals surface area contributed by atoms with Gasteiger partial charge in [0.05, 0.1) is 0 Å². The highest BCUT2D eigenvalue weighted by molar-refractivity contribution is 5.36.